The first-order valence-corrected chi connectivity index (χ1v) is 6.06. The van der Waals surface area contributed by atoms with Gasteiger partial charge in [-0.1, -0.05) is 0 Å². The van der Waals surface area contributed by atoms with Gasteiger partial charge in [0.15, 0.2) is 0 Å². The second kappa shape index (κ2) is 6.85. The van der Waals surface area contributed by atoms with Crippen LogP contribution in [0.2, 0.25) is 0 Å². The fourth-order valence-electron chi connectivity index (χ4n) is 1.64. The van der Waals surface area contributed by atoms with E-state index in [0.717, 1.165) is 0 Å². The Morgan fingerprint density at radius 1 is 1.45 bits per heavy atom. The second-order valence-corrected chi connectivity index (χ2v) is 3.96. The number of nitriles is 1. The van der Waals surface area contributed by atoms with Crippen LogP contribution in [-0.4, -0.2) is 40.8 Å². The first kappa shape index (κ1) is 15.0. The number of allylic oxidation sites excluding steroid dienone is 1. The zero-order chi connectivity index (χ0) is 15.9. The zero-order valence-corrected chi connectivity index (χ0v) is 11.8. The van der Waals surface area contributed by atoms with Gasteiger partial charge in [0.25, 0.3) is 0 Å². The van der Waals surface area contributed by atoms with Crippen LogP contribution in [0.25, 0.3) is 5.57 Å². The predicted octanol–water partition coefficient (Wildman–Crippen LogP) is 0.971. The Labute approximate surface area is 125 Å². The molecule has 0 bridgehead atoms. The van der Waals surface area contributed by atoms with Crippen molar-refractivity contribution in [1.29, 1.82) is 5.26 Å². The molecule has 2 N–H and O–H groups in total. The number of benzene rings is 1. The highest BCUT2D eigenvalue weighted by Crippen LogP contribution is 2.24. The summed E-state index contributed by atoms with van der Waals surface area (Å²) in [6.07, 6.45) is 1.43. The highest BCUT2D eigenvalue weighted by molar-refractivity contribution is 5.93. The molecule has 2 rings (SSSR count). The van der Waals surface area contributed by atoms with Crippen LogP contribution in [0.5, 0.6) is 5.75 Å². The number of nitrogens with one attached hydrogen (secondary N) is 2. The van der Waals surface area contributed by atoms with E-state index >= 15 is 0 Å². The lowest BCUT2D eigenvalue weighted by Gasteiger charge is -2.09. The summed E-state index contributed by atoms with van der Waals surface area (Å²) in [5.41, 5.74) is 1.11. The average Bonchev–Trinajstić information content (AvgIpc) is 3.09. The Balaban J connectivity index is 2.24. The normalized spacial score (nSPS) is 10.7. The van der Waals surface area contributed by atoms with Crippen molar-refractivity contribution < 1.29 is 14.3 Å². The maximum Gasteiger partial charge on any atom is 0.341 e. The van der Waals surface area contributed by atoms with E-state index in [4.69, 9.17) is 10.00 Å². The third-order valence-corrected chi connectivity index (χ3v) is 2.70. The molecule has 0 unspecified atom stereocenters. The number of anilines is 1. The van der Waals surface area contributed by atoms with Crippen molar-refractivity contribution in [2.75, 3.05) is 19.5 Å². The molecule has 0 aliphatic heterocycles. The summed E-state index contributed by atoms with van der Waals surface area (Å²) >= 11 is 0. The summed E-state index contributed by atoms with van der Waals surface area (Å²) in [5, 5.41) is 25.1. The molecule has 0 aliphatic carbocycles. The number of aromatic amines is 1. The number of carbonyl (C=O) groups is 1. The lowest BCUT2D eigenvalue weighted by molar-refractivity contribution is 0.0597. The average molecular weight is 300 g/mol. The van der Waals surface area contributed by atoms with Gasteiger partial charge >= 0.3 is 5.97 Å². The number of aromatic nitrogens is 4. The summed E-state index contributed by atoms with van der Waals surface area (Å²) in [6, 6.07) is 6.76. The molecule has 0 saturated heterocycles. The molecule has 0 fully saturated rings. The fourth-order valence-corrected chi connectivity index (χ4v) is 1.64. The van der Waals surface area contributed by atoms with Gasteiger partial charge in [0.05, 0.1) is 14.2 Å². The largest absolute Gasteiger partial charge is 0.496 e. The van der Waals surface area contributed by atoms with Crippen LogP contribution in [0.4, 0.5) is 5.69 Å². The molecule has 9 nitrogen and oxygen atoms in total. The number of hydrogen-bond acceptors (Lipinski definition) is 8. The van der Waals surface area contributed by atoms with Gasteiger partial charge in [0.2, 0.25) is 5.82 Å². The van der Waals surface area contributed by atoms with E-state index in [-0.39, 0.29) is 11.4 Å². The van der Waals surface area contributed by atoms with Crippen LogP contribution in [0.1, 0.15) is 16.2 Å². The van der Waals surface area contributed by atoms with Gasteiger partial charge in [0, 0.05) is 18.0 Å². The minimum absolute atomic E-state index is 0.174. The zero-order valence-electron chi connectivity index (χ0n) is 11.8. The molecule has 0 amide bonds. The fraction of sp³-hybridized carbons (Fsp3) is 0.154. The maximum atomic E-state index is 11.6. The topological polar surface area (TPSA) is 126 Å². The highest BCUT2D eigenvalue weighted by atomic mass is 16.5. The molecule has 2 aromatic rings. The first-order chi connectivity index (χ1) is 10.7. The standard InChI is InChI=1S/C13H12N6O3/c1-21-11-5-9(3-4-10(11)13(20)22-2)15-7-8(6-14)12-16-18-19-17-12/h3-5,7,15H,1-2H3,(H,16,17,18,19). The monoisotopic (exact) mass is 300 g/mol. The smallest absolute Gasteiger partial charge is 0.341 e. The van der Waals surface area contributed by atoms with Crippen LogP contribution in [0.3, 0.4) is 0 Å². The summed E-state index contributed by atoms with van der Waals surface area (Å²) in [6.45, 7) is 0. The van der Waals surface area contributed by atoms with Gasteiger partial charge in [-0.3, -0.25) is 0 Å². The van der Waals surface area contributed by atoms with Crippen molar-refractivity contribution in [2.24, 2.45) is 0 Å². The van der Waals surface area contributed by atoms with Crippen molar-refractivity contribution in [3.8, 4) is 11.8 Å². The molecular formula is C13H12N6O3. The molecule has 9 heteroatoms. The van der Waals surface area contributed by atoms with Crippen LogP contribution in [0, 0.1) is 11.3 Å². The molecule has 1 aromatic heterocycles. The molecule has 0 radical (unpaired) electrons. The summed E-state index contributed by atoms with van der Waals surface area (Å²) in [7, 11) is 2.74. The van der Waals surface area contributed by atoms with Crippen molar-refractivity contribution in [3.63, 3.8) is 0 Å². The van der Waals surface area contributed by atoms with E-state index in [2.05, 4.69) is 30.7 Å². The van der Waals surface area contributed by atoms with Gasteiger partial charge < -0.3 is 14.8 Å². The number of esters is 1. The number of methoxy groups -OCH3 is 2. The van der Waals surface area contributed by atoms with Crippen molar-refractivity contribution in [1.82, 2.24) is 20.6 Å². The number of nitrogens with zero attached hydrogens (tertiary/aromatic N) is 4. The van der Waals surface area contributed by atoms with E-state index in [1.165, 1.54) is 20.4 Å². The Morgan fingerprint density at radius 2 is 2.27 bits per heavy atom. The number of hydrogen-bond donors (Lipinski definition) is 2. The summed E-state index contributed by atoms with van der Waals surface area (Å²) in [4.78, 5) is 11.6. The molecule has 0 spiro atoms. The third-order valence-electron chi connectivity index (χ3n) is 2.70. The number of ether oxygens (including phenoxy) is 2. The highest BCUT2D eigenvalue weighted by Gasteiger charge is 2.13. The van der Waals surface area contributed by atoms with E-state index in [1.807, 2.05) is 6.07 Å². The molecule has 1 heterocycles. The van der Waals surface area contributed by atoms with Crippen molar-refractivity contribution >= 4 is 17.2 Å². The lowest BCUT2D eigenvalue weighted by atomic mass is 10.2. The first-order valence-electron chi connectivity index (χ1n) is 6.06. The Hall–Kier alpha value is -3.41. The number of rotatable bonds is 5. The van der Waals surface area contributed by atoms with Gasteiger partial charge in [0.1, 0.15) is 23.0 Å². The summed E-state index contributed by atoms with van der Waals surface area (Å²) in [5.74, 6) is 0.0277. The van der Waals surface area contributed by atoms with Crippen molar-refractivity contribution in [2.45, 2.75) is 0 Å². The molecule has 0 saturated carbocycles. The molecule has 22 heavy (non-hydrogen) atoms. The van der Waals surface area contributed by atoms with E-state index in [9.17, 15) is 4.79 Å². The number of tetrazole rings is 1. The van der Waals surface area contributed by atoms with E-state index < -0.39 is 5.97 Å². The van der Waals surface area contributed by atoms with Gasteiger partial charge in [-0.05, 0) is 17.3 Å². The molecule has 0 atom stereocenters. The quantitative estimate of drug-likeness (QED) is 0.618. The second-order valence-electron chi connectivity index (χ2n) is 3.96. The van der Waals surface area contributed by atoms with Gasteiger partial charge in [-0.25, -0.2) is 4.79 Å². The minimum Gasteiger partial charge on any atom is -0.496 e. The van der Waals surface area contributed by atoms with Crippen LogP contribution in [0.15, 0.2) is 24.4 Å². The molecule has 1 aromatic carbocycles. The van der Waals surface area contributed by atoms with Crippen LogP contribution in [-0.2, 0) is 4.74 Å². The molecule has 112 valence electrons. The predicted molar refractivity (Wildman–Crippen MR) is 75.7 cm³/mol. The molecule has 0 aliphatic rings. The minimum atomic E-state index is -0.497. The van der Waals surface area contributed by atoms with Crippen LogP contribution < -0.4 is 10.1 Å². The van der Waals surface area contributed by atoms with Crippen molar-refractivity contribution in [3.05, 3.63) is 35.8 Å². The lowest BCUT2D eigenvalue weighted by Crippen LogP contribution is -2.04. The number of H-pyrrole nitrogens is 1. The van der Waals surface area contributed by atoms with Crippen LogP contribution >= 0.6 is 0 Å². The SMILES string of the molecule is COC(=O)c1ccc(NC=C(C#N)c2nn[nH]n2)cc1OC. The van der Waals surface area contributed by atoms with E-state index in [0.29, 0.717) is 17.0 Å². The molecular weight excluding hydrogens is 288 g/mol. The Morgan fingerprint density at radius 3 is 2.86 bits per heavy atom. The van der Waals surface area contributed by atoms with Gasteiger partial charge in [-0.2, -0.15) is 10.5 Å². The Bertz CT molecular complexity index is 733. The van der Waals surface area contributed by atoms with Gasteiger partial charge in [-0.15, -0.1) is 10.2 Å². The maximum absolute atomic E-state index is 11.6. The number of carbonyl (C=O) groups excluding carboxylic acids is 1. The third kappa shape index (κ3) is 3.18. The summed E-state index contributed by atoms with van der Waals surface area (Å²) < 4.78 is 9.81. The Kier molecular flexibility index (Phi) is 4.66. The van der Waals surface area contributed by atoms with E-state index in [1.54, 1.807) is 18.2 Å².